The van der Waals surface area contributed by atoms with Crippen LogP contribution in [0.2, 0.25) is 0 Å². The first kappa shape index (κ1) is 13.6. The zero-order valence-electron chi connectivity index (χ0n) is 12.4. The summed E-state index contributed by atoms with van der Waals surface area (Å²) in [6, 6.07) is 5.10. The van der Waals surface area contributed by atoms with Crippen LogP contribution >= 0.6 is 0 Å². The molecular weight excluding hydrogens is 300 g/mol. The Kier molecular flexibility index (Phi) is 2.97. The van der Waals surface area contributed by atoms with Gasteiger partial charge >= 0.3 is 5.97 Å². The van der Waals surface area contributed by atoms with Crippen molar-refractivity contribution in [3.05, 3.63) is 42.4 Å². The molecule has 0 radical (unpaired) electrons. The van der Waals surface area contributed by atoms with E-state index in [-0.39, 0.29) is 6.79 Å². The first-order chi connectivity index (χ1) is 11.2. The molecule has 2 aromatic rings. The normalized spacial score (nSPS) is 21.5. The molecule has 2 atom stereocenters. The van der Waals surface area contributed by atoms with Gasteiger partial charge in [0.05, 0.1) is 13.2 Å². The first-order valence-corrected chi connectivity index (χ1v) is 7.01. The molecule has 0 saturated heterocycles. The van der Waals surface area contributed by atoms with Crippen molar-refractivity contribution in [3.63, 3.8) is 0 Å². The largest absolute Gasteiger partial charge is 0.468 e. The molecule has 23 heavy (non-hydrogen) atoms. The number of aromatic nitrogens is 3. The number of esters is 1. The number of hydrogen-bond donors (Lipinski definition) is 1. The Morgan fingerprint density at radius 1 is 1.43 bits per heavy atom. The van der Waals surface area contributed by atoms with Crippen LogP contribution in [0.5, 0.6) is 11.5 Å². The van der Waals surface area contributed by atoms with Crippen LogP contribution in [0.1, 0.15) is 11.6 Å². The number of benzene rings is 1. The average Bonchev–Trinajstić information content (AvgIpc) is 3.20. The van der Waals surface area contributed by atoms with E-state index in [1.165, 1.54) is 13.4 Å². The Balaban J connectivity index is 1.85. The summed E-state index contributed by atoms with van der Waals surface area (Å²) in [4.78, 5) is 16.4. The predicted molar refractivity (Wildman–Crippen MR) is 79.0 cm³/mol. The summed E-state index contributed by atoms with van der Waals surface area (Å²) >= 11 is 0. The highest BCUT2D eigenvalue weighted by molar-refractivity contribution is 5.79. The van der Waals surface area contributed by atoms with Crippen molar-refractivity contribution in [2.75, 3.05) is 19.2 Å². The molecule has 0 spiro atoms. The number of nitrogens with zero attached hydrogens (tertiary/aromatic N) is 3. The number of carbonyl (C=O) groups is 1. The molecule has 0 aliphatic carbocycles. The molecule has 0 saturated carbocycles. The van der Waals surface area contributed by atoms with Gasteiger partial charge in [-0.2, -0.15) is 10.1 Å². The van der Waals surface area contributed by atoms with Crippen molar-refractivity contribution < 1.29 is 19.0 Å². The Bertz CT molecular complexity index is 801. The number of rotatable bonds is 2. The second-order valence-electron chi connectivity index (χ2n) is 5.24. The molecule has 0 amide bonds. The molecule has 0 fully saturated rings. The molecule has 1 N–H and O–H groups in total. The van der Waals surface area contributed by atoms with Crippen molar-refractivity contribution in [2.45, 2.75) is 6.04 Å². The quantitative estimate of drug-likeness (QED) is 0.836. The summed E-state index contributed by atoms with van der Waals surface area (Å²) in [5.41, 5.74) is 1.35. The number of carbonyl (C=O) groups excluding carboxylic acids is 1. The maximum absolute atomic E-state index is 12.3. The monoisotopic (exact) mass is 314 g/mol. The number of ether oxygens (including phenoxy) is 3. The van der Waals surface area contributed by atoms with E-state index in [0.717, 1.165) is 5.56 Å². The van der Waals surface area contributed by atoms with E-state index in [2.05, 4.69) is 22.0 Å². The number of fused-ring (bicyclic) bond motifs is 2. The van der Waals surface area contributed by atoms with E-state index >= 15 is 0 Å². The van der Waals surface area contributed by atoms with Crippen molar-refractivity contribution >= 4 is 11.9 Å². The number of nitrogens with one attached hydrogen (secondary N) is 1. The molecule has 0 bridgehead atoms. The van der Waals surface area contributed by atoms with Gasteiger partial charge in [0.15, 0.2) is 11.5 Å². The zero-order valence-corrected chi connectivity index (χ0v) is 12.4. The van der Waals surface area contributed by atoms with E-state index in [0.29, 0.717) is 23.1 Å². The third-order valence-corrected chi connectivity index (χ3v) is 3.99. The fraction of sp³-hybridized carbons (Fsp3) is 0.267. The van der Waals surface area contributed by atoms with Gasteiger partial charge in [0.25, 0.3) is 0 Å². The molecule has 4 rings (SSSR count). The van der Waals surface area contributed by atoms with Crippen LogP contribution in [0.15, 0.2) is 36.8 Å². The standard InChI is InChI=1S/C15H14N4O4/c1-8-12(14(20)21-2)13(19-15(18-8)16-6-17-19)9-3-4-10-11(5-9)23-7-22-10/h3-6,12-13H,1,7H2,2H3,(H,16,17,18)/t12-,13+/m1/s1. The second kappa shape index (κ2) is 5.01. The third kappa shape index (κ3) is 2.02. The topological polar surface area (TPSA) is 87.5 Å². The van der Waals surface area contributed by atoms with E-state index in [1.54, 1.807) is 4.68 Å². The zero-order chi connectivity index (χ0) is 16.0. The van der Waals surface area contributed by atoms with Crippen LogP contribution in [0, 0.1) is 5.92 Å². The maximum atomic E-state index is 12.3. The van der Waals surface area contributed by atoms with Gasteiger partial charge in [-0.1, -0.05) is 12.6 Å². The van der Waals surface area contributed by atoms with Gasteiger partial charge in [0.1, 0.15) is 12.2 Å². The highest BCUT2D eigenvalue weighted by Gasteiger charge is 2.40. The van der Waals surface area contributed by atoms with Gasteiger partial charge in [-0.05, 0) is 17.7 Å². The molecule has 0 unspecified atom stereocenters. The molecule has 1 aromatic carbocycles. The van der Waals surface area contributed by atoms with E-state index in [4.69, 9.17) is 14.2 Å². The summed E-state index contributed by atoms with van der Waals surface area (Å²) in [6.07, 6.45) is 1.43. The highest BCUT2D eigenvalue weighted by Crippen LogP contribution is 2.41. The Hall–Kier alpha value is -3.03. The lowest BCUT2D eigenvalue weighted by Gasteiger charge is -2.32. The van der Waals surface area contributed by atoms with Gasteiger partial charge < -0.3 is 19.5 Å². The van der Waals surface area contributed by atoms with Crippen molar-refractivity contribution in [1.82, 2.24) is 14.8 Å². The van der Waals surface area contributed by atoms with E-state index < -0.39 is 17.9 Å². The molecule has 1 aromatic heterocycles. The highest BCUT2D eigenvalue weighted by atomic mass is 16.7. The van der Waals surface area contributed by atoms with Gasteiger partial charge in [0.2, 0.25) is 12.7 Å². The molecule has 8 nitrogen and oxygen atoms in total. The van der Waals surface area contributed by atoms with Crippen LogP contribution in [0.4, 0.5) is 5.95 Å². The van der Waals surface area contributed by atoms with E-state index in [1.807, 2.05) is 18.2 Å². The maximum Gasteiger partial charge on any atom is 0.317 e. The van der Waals surface area contributed by atoms with Crippen molar-refractivity contribution in [1.29, 1.82) is 0 Å². The minimum Gasteiger partial charge on any atom is -0.468 e. The SMILES string of the molecule is C=C1Nc2ncnn2[C@@H](c2ccc3c(c2)OCO3)[C@@H]1C(=O)OC. The van der Waals surface area contributed by atoms with Crippen LogP contribution in [0.25, 0.3) is 0 Å². The number of anilines is 1. The molecule has 2 aliphatic heterocycles. The molecule has 8 heteroatoms. The van der Waals surface area contributed by atoms with Crippen molar-refractivity contribution in [3.8, 4) is 11.5 Å². The lowest BCUT2D eigenvalue weighted by Crippen LogP contribution is -2.37. The van der Waals surface area contributed by atoms with Crippen LogP contribution in [-0.2, 0) is 9.53 Å². The Morgan fingerprint density at radius 3 is 3.09 bits per heavy atom. The van der Waals surface area contributed by atoms with Gasteiger partial charge in [0, 0.05) is 5.70 Å². The summed E-state index contributed by atoms with van der Waals surface area (Å²) in [6.45, 7) is 4.13. The summed E-state index contributed by atoms with van der Waals surface area (Å²) < 4.78 is 17.3. The molecule has 118 valence electrons. The minimum atomic E-state index is -0.630. The Labute approximate surface area is 131 Å². The lowest BCUT2D eigenvalue weighted by molar-refractivity contribution is -0.145. The fourth-order valence-corrected chi connectivity index (χ4v) is 2.93. The van der Waals surface area contributed by atoms with Crippen LogP contribution in [0.3, 0.4) is 0 Å². The summed E-state index contributed by atoms with van der Waals surface area (Å²) in [7, 11) is 1.35. The lowest BCUT2D eigenvalue weighted by atomic mass is 9.89. The number of methoxy groups -OCH3 is 1. The second-order valence-corrected chi connectivity index (χ2v) is 5.24. The predicted octanol–water partition coefficient (Wildman–Crippen LogP) is 1.32. The fourth-order valence-electron chi connectivity index (χ4n) is 2.93. The first-order valence-electron chi connectivity index (χ1n) is 7.01. The molecule has 3 heterocycles. The smallest absolute Gasteiger partial charge is 0.317 e. The molecular formula is C15H14N4O4. The summed E-state index contributed by atoms with van der Waals surface area (Å²) in [5.74, 6) is 0.811. The van der Waals surface area contributed by atoms with Crippen LogP contribution < -0.4 is 14.8 Å². The summed E-state index contributed by atoms with van der Waals surface area (Å²) in [5, 5.41) is 7.23. The van der Waals surface area contributed by atoms with Gasteiger partial charge in [-0.25, -0.2) is 4.68 Å². The number of hydrogen-bond acceptors (Lipinski definition) is 7. The van der Waals surface area contributed by atoms with Crippen LogP contribution in [-0.4, -0.2) is 34.6 Å². The third-order valence-electron chi connectivity index (χ3n) is 3.99. The minimum absolute atomic E-state index is 0.187. The van der Waals surface area contributed by atoms with E-state index in [9.17, 15) is 4.79 Å². The Morgan fingerprint density at radius 2 is 2.26 bits per heavy atom. The van der Waals surface area contributed by atoms with Gasteiger partial charge in [-0.3, -0.25) is 4.79 Å². The average molecular weight is 314 g/mol. The van der Waals surface area contributed by atoms with Gasteiger partial charge in [-0.15, -0.1) is 0 Å². The van der Waals surface area contributed by atoms with Crippen molar-refractivity contribution in [2.24, 2.45) is 5.92 Å². The molecule has 2 aliphatic rings.